The van der Waals surface area contributed by atoms with Gasteiger partial charge >= 0.3 is 0 Å². The molecule has 2 aromatic carbocycles. The van der Waals surface area contributed by atoms with E-state index in [1.807, 2.05) is 24.3 Å². The van der Waals surface area contributed by atoms with E-state index in [1.54, 1.807) is 42.1 Å². The number of fused-ring (bicyclic) bond motifs is 1. The molecule has 0 unspecified atom stereocenters. The molecule has 10 heteroatoms. The number of pyridine rings is 1. The minimum atomic E-state index is -3.75. The van der Waals surface area contributed by atoms with Crippen LogP contribution in [-0.4, -0.2) is 35.0 Å². The minimum absolute atomic E-state index is 0.0865. The zero-order valence-electron chi connectivity index (χ0n) is 17.0. The molecule has 4 aromatic rings. The number of rotatable bonds is 9. The first-order valence-corrected chi connectivity index (χ1v) is 12.4. The molecule has 4 rings (SSSR count). The molecular formula is C22H21N5O3S2. The number of para-hydroxylation sites is 2. The van der Waals surface area contributed by atoms with Gasteiger partial charge < -0.3 is 10.3 Å². The molecule has 0 aliphatic heterocycles. The van der Waals surface area contributed by atoms with Crippen molar-refractivity contribution in [3.05, 3.63) is 72.9 Å². The second kappa shape index (κ2) is 9.84. The summed E-state index contributed by atoms with van der Waals surface area (Å²) in [5, 5.41) is 3.63. The number of aromatic nitrogens is 3. The smallest absolute Gasteiger partial charge is 0.263 e. The van der Waals surface area contributed by atoms with Crippen LogP contribution in [0.3, 0.4) is 0 Å². The molecule has 2 heterocycles. The van der Waals surface area contributed by atoms with Crippen LogP contribution < -0.4 is 10.0 Å². The van der Waals surface area contributed by atoms with Gasteiger partial charge in [0.15, 0.2) is 5.16 Å². The summed E-state index contributed by atoms with van der Waals surface area (Å²) < 4.78 is 27.3. The van der Waals surface area contributed by atoms with E-state index in [4.69, 9.17) is 0 Å². The third-order valence-corrected chi connectivity index (χ3v) is 6.84. The van der Waals surface area contributed by atoms with Crippen LogP contribution in [0, 0.1) is 0 Å². The van der Waals surface area contributed by atoms with Gasteiger partial charge in [0.25, 0.3) is 10.0 Å². The Hall–Kier alpha value is -3.37. The van der Waals surface area contributed by atoms with Gasteiger partial charge in [-0.3, -0.25) is 9.52 Å². The summed E-state index contributed by atoms with van der Waals surface area (Å²) in [6.45, 7) is 0. The van der Waals surface area contributed by atoms with E-state index in [0.29, 0.717) is 18.5 Å². The van der Waals surface area contributed by atoms with Crippen LogP contribution in [0.4, 0.5) is 11.5 Å². The molecule has 0 saturated heterocycles. The monoisotopic (exact) mass is 467 g/mol. The minimum Gasteiger partial charge on any atom is -0.333 e. The van der Waals surface area contributed by atoms with Crippen LogP contribution in [-0.2, 0) is 14.8 Å². The number of carbonyl (C=O) groups is 1. The maximum absolute atomic E-state index is 12.4. The van der Waals surface area contributed by atoms with Crippen molar-refractivity contribution in [3.63, 3.8) is 0 Å². The van der Waals surface area contributed by atoms with Crippen molar-refractivity contribution in [1.29, 1.82) is 0 Å². The van der Waals surface area contributed by atoms with Crippen molar-refractivity contribution in [2.45, 2.75) is 22.9 Å². The number of anilines is 2. The fraction of sp³-hybridized carbons (Fsp3) is 0.136. The molecule has 1 amide bonds. The van der Waals surface area contributed by atoms with Gasteiger partial charge in [-0.25, -0.2) is 18.4 Å². The van der Waals surface area contributed by atoms with Crippen LogP contribution in [0.15, 0.2) is 83.0 Å². The Morgan fingerprint density at radius 1 is 1.00 bits per heavy atom. The highest BCUT2D eigenvalue weighted by Gasteiger charge is 2.15. The highest BCUT2D eigenvalue weighted by atomic mass is 32.2. The Morgan fingerprint density at radius 2 is 1.78 bits per heavy atom. The van der Waals surface area contributed by atoms with Crippen LogP contribution in [0.5, 0.6) is 0 Å². The van der Waals surface area contributed by atoms with Gasteiger partial charge in [-0.2, -0.15) is 0 Å². The average Bonchev–Trinajstić information content (AvgIpc) is 3.20. The molecule has 0 spiro atoms. The number of thioether (sulfide) groups is 1. The molecule has 32 heavy (non-hydrogen) atoms. The van der Waals surface area contributed by atoms with Gasteiger partial charge in [0.2, 0.25) is 5.91 Å². The van der Waals surface area contributed by atoms with Crippen LogP contribution >= 0.6 is 11.8 Å². The van der Waals surface area contributed by atoms with E-state index in [-0.39, 0.29) is 16.6 Å². The number of imidazole rings is 1. The van der Waals surface area contributed by atoms with Gasteiger partial charge in [-0.05, 0) is 55.0 Å². The largest absolute Gasteiger partial charge is 0.333 e. The molecule has 164 valence electrons. The molecule has 3 N–H and O–H groups in total. The van der Waals surface area contributed by atoms with Gasteiger partial charge in [0, 0.05) is 24.1 Å². The molecular weight excluding hydrogens is 446 g/mol. The second-order valence-corrected chi connectivity index (χ2v) is 9.67. The van der Waals surface area contributed by atoms with E-state index in [9.17, 15) is 13.2 Å². The zero-order valence-corrected chi connectivity index (χ0v) is 18.6. The lowest BCUT2D eigenvalue weighted by Crippen LogP contribution is -2.14. The fourth-order valence-corrected chi connectivity index (χ4v) is 4.80. The number of carbonyl (C=O) groups excluding carboxylic acids is 1. The number of amides is 1. The van der Waals surface area contributed by atoms with Gasteiger partial charge in [0.1, 0.15) is 5.82 Å². The summed E-state index contributed by atoms with van der Waals surface area (Å²) in [7, 11) is -3.75. The summed E-state index contributed by atoms with van der Waals surface area (Å²) >= 11 is 1.57. The predicted octanol–water partition coefficient (Wildman–Crippen LogP) is 4.27. The van der Waals surface area contributed by atoms with Crippen LogP contribution in [0.25, 0.3) is 11.0 Å². The molecule has 0 aliphatic rings. The van der Waals surface area contributed by atoms with E-state index in [2.05, 4.69) is 25.0 Å². The average molecular weight is 468 g/mol. The third-order valence-electron chi connectivity index (χ3n) is 4.51. The molecule has 0 atom stereocenters. The first kappa shape index (κ1) is 21.8. The molecule has 0 radical (unpaired) electrons. The van der Waals surface area contributed by atoms with Crippen molar-refractivity contribution in [2.24, 2.45) is 0 Å². The second-order valence-electron chi connectivity index (χ2n) is 6.90. The zero-order chi connectivity index (χ0) is 22.4. The van der Waals surface area contributed by atoms with Crippen molar-refractivity contribution in [1.82, 2.24) is 15.0 Å². The van der Waals surface area contributed by atoms with E-state index >= 15 is 0 Å². The fourth-order valence-electron chi connectivity index (χ4n) is 2.96. The number of nitrogens with one attached hydrogen (secondary N) is 3. The molecule has 0 bridgehead atoms. The number of aromatic amines is 1. The van der Waals surface area contributed by atoms with Gasteiger partial charge in [0.05, 0.1) is 15.9 Å². The van der Waals surface area contributed by atoms with Crippen molar-refractivity contribution in [3.8, 4) is 0 Å². The Labute approximate surface area is 189 Å². The van der Waals surface area contributed by atoms with E-state index in [1.165, 1.54) is 18.3 Å². The Morgan fingerprint density at radius 3 is 2.53 bits per heavy atom. The van der Waals surface area contributed by atoms with Gasteiger partial charge in [-0.15, -0.1) is 0 Å². The number of sulfonamides is 1. The summed E-state index contributed by atoms with van der Waals surface area (Å²) in [5.41, 5.74) is 2.46. The van der Waals surface area contributed by atoms with Crippen LogP contribution in [0.2, 0.25) is 0 Å². The summed E-state index contributed by atoms with van der Waals surface area (Å²) in [5.74, 6) is 0.867. The maximum atomic E-state index is 12.4. The van der Waals surface area contributed by atoms with E-state index < -0.39 is 10.0 Å². The lowest BCUT2D eigenvalue weighted by Gasteiger charge is -2.09. The normalized spacial score (nSPS) is 11.4. The molecule has 2 aromatic heterocycles. The number of nitrogens with zero attached hydrogens (tertiary/aromatic N) is 2. The molecule has 0 saturated carbocycles. The number of hydrogen-bond donors (Lipinski definition) is 3. The van der Waals surface area contributed by atoms with Gasteiger partial charge in [-0.1, -0.05) is 30.0 Å². The standard InChI is InChI=1S/C22H21N5O3S2/c28-21(9-5-15-31-22-25-18-6-1-2-7-19(18)26-22)24-16-10-12-17(13-11-16)32(29,30)27-20-8-3-4-14-23-20/h1-4,6-8,10-14H,5,9,15H2,(H,23,27)(H,24,28)(H,25,26). The lowest BCUT2D eigenvalue weighted by molar-refractivity contribution is -0.116. The summed E-state index contributed by atoms with van der Waals surface area (Å²) in [4.78, 5) is 24.0. The molecule has 0 aliphatic carbocycles. The Kier molecular flexibility index (Phi) is 6.72. The summed E-state index contributed by atoms with van der Waals surface area (Å²) in [6, 6.07) is 18.8. The van der Waals surface area contributed by atoms with Crippen LogP contribution in [0.1, 0.15) is 12.8 Å². The number of hydrogen-bond acceptors (Lipinski definition) is 6. The summed E-state index contributed by atoms with van der Waals surface area (Å²) in [6.07, 6.45) is 2.55. The highest BCUT2D eigenvalue weighted by molar-refractivity contribution is 7.99. The molecule has 0 fully saturated rings. The lowest BCUT2D eigenvalue weighted by atomic mass is 10.3. The third kappa shape index (κ3) is 5.65. The van der Waals surface area contributed by atoms with E-state index in [0.717, 1.165) is 21.9 Å². The first-order chi connectivity index (χ1) is 15.5. The maximum Gasteiger partial charge on any atom is 0.263 e. The topological polar surface area (TPSA) is 117 Å². The molecule has 8 nitrogen and oxygen atoms in total. The van der Waals surface area contributed by atoms with Crippen molar-refractivity contribution >= 4 is 50.2 Å². The predicted molar refractivity (Wildman–Crippen MR) is 126 cm³/mol. The number of H-pyrrole nitrogens is 1. The Bertz CT molecular complexity index is 1270. The van der Waals surface area contributed by atoms with Crippen molar-refractivity contribution < 1.29 is 13.2 Å². The number of benzene rings is 2. The highest BCUT2D eigenvalue weighted by Crippen LogP contribution is 2.21. The Balaban J connectivity index is 1.24. The quantitative estimate of drug-likeness (QED) is 0.250. The first-order valence-electron chi connectivity index (χ1n) is 9.91. The SMILES string of the molecule is O=C(CCCSc1nc2ccccc2[nH]1)Nc1ccc(S(=O)(=O)Nc2ccccn2)cc1. The van der Waals surface area contributed by atoms with Crippen molar-refractivity contribution in [2.75, 3.05) is 15.8 Å².